The second kappa shape index (κ2) is 5.64. The van der Waals surface area contributed by atoms with E-state index in [0.717, 1.165) is 35.1 Å². The normalized spacial score (nSPS) is 21.4. The van der Waals surface area contributed by atoms with Crippen LogP contribution in [0.4, 0.5) is 5.13 Å². The van der Waals surface area contributed by atoms with E-state index in [1.165, 1.54) is 0 Å². The van der Waals surface area contributed by atoms with Gasteiger partial charge in [0.05, 0.1) is 16.7 Å². The van der Waals surface area contributed by atoms with Crippen molar-refractivity contribution in [3.05, 3.63) is 10.6 Å². The molecule has 0 spiro atoms. The highest BCUT2D eigenvalue weighted by Crippen LogP contribution is 2.44. The fraction of sp³-hybridized carbons (Fsp3) is 0.812. The van der Waals surface area contributed by atoms with E-state index in [0.29, 0.717) is 12.0 Å². The van der Waals surface area contributed by atoms with Crippen molar-refractivity contribution in [3.63, 3.8) is 0 Å². The molecule has 0 aromatic carbocycles. The van der Waals surface area contributed by atoms with E-state index in [-0.39, 0.29) is 11.5 Å². The molecule has 1 atom stereocenters. The molecule has 1 unspecified atom stereocenters. The van der Waals surface area contributed by atoms with Gasteiger partial charge in [0.15, 0.2) is 5.13 Å². The van der Waals surface area contributed by atoms with E-state index in [9.17, 15) is 5.11 Å². The highest BCUT2D eigenvalue weighted by molar-refractivity contribution is 7.15. The van der Waals surface area contributed by atoms with Crippen LogP contribution >= 0.6 is 11.3 Å². The fourth-order valence-corrected chi connectivity index (χ4v) is 4.12. The van der Waals surface area contributed by atoms with E-state index in [2.05, 4.69) is 46.4 Å². The predicted octanol–water partition coefficient (Wildman–Crippen LogP) is 4.02. The van der Waals surface area contributed by atoms with Crippen LogP contribution in [0.15, 0.2) is 0 Å². The molecule has 114 valence electrons. The maximum absolute atomic E-state index is 10.4. The Bertz CT molecular complexity index is 465. The summed E-state index contributed by atoms with van der Waals surface area (Å²) in [5.74, 6) is 0.611. The summed E-state index contributed by atoms with van der Waals surface area (Å²) in [5.41, 5.74) is 1.27. The average molecular weight is 296 g/mol. The summed E-state index contributed by atoms with van der Waals surface area (Å²) < 4.78 is 0. The molecule has 2 rings (SSSR count). The van der Waals surface area contributed by atoms with Crippen molar-refractivity contribution >= 4 is 16.5 Å². The monoisotopic (exact) mass is 296 g/mol. The van der Waals surface area contributed by atoms with E-state index in [1.807, 2.05) is 0 Å². The Labute approximate surface area is 127 Å². The first-order valence-corrected chi connectivity index (χ1v) is 8.45. The first kappa shape index (κ1) is 15.8. The zero-order chi connectivity index (χ0) is 15.1. The van der Waals surface area contributed by atoms with Crippen LogP contribution in [0.3, 0.4) is 0 Å². The zero-order valence-corrected chi connectivity index (χ0v) is 14.4. The summed E-state index contributed by atoms with van der Waals surface area (Å²) >= 11 is 1.69. The first-order chi connectivity index (χ1) is 9.19. The van der Waals surface area contributed by atoms with Gasteiger partial charge in [-0.3, -0.25) is 0 Å². The number of nitrogens with zero attached hydrogens (tertiary/aromatic N) is 2. The number of aliphatic hydroxyl groups is 1. The lowest BCUT2D eigenvalue weighted by Crippen LogP contribution is -2.34. The van der Waals surface area contributed by atoms with Gasteiger partial charge >= 0.3 is 0 Å². The average Bonchev–Trinajstić information content (AvgIpc) is 2.67. The Balaban J connectivity index is 2.31. The predicted molar refractivity (Wildman–Crippen MR) is 86.5 cm³/mol. The van der Waals surface area contributed by atoms with Crippen molar-refractivity contribution in [1.29, 1.82) is 0 Å². The van der Waals surface area contributed by atoms with Gasteiger partial charge in [0.2, 0.25) is 0 Å². The van der Waals surface area contributed by atoms with Crippen molar-refractivity contribution in [1.82, 2.24) is 4.98 Å². The van der Waals surface area contributed by atoms with Gasteiger partial charge in [0.25, 0.3) is 0 Å². The minimum Gasteiger partial charge on any atom is -0.387 e. The topological polar surface area (TPSA) is 36.4 Å². The largest absolute Gasteiger partial charge is 0.387 e. The van der Waals surface area contributed by atoms with Gasteiger partial charge in [-0.25, -0.2) is 4.98 Å². The third kappa shape index (κ3) is 3.34. The van der Waals surface area contributed by atoms with E-state index >= 15 is 0 Å². The summed E-state index contributed by atoms with van der Waals surface area (Å²) in [5, 5.41) is 11.4. The van der Waals surface area contributed by atoms with Gasteiger partial charge < -0.3 is 10.0 Å². The molecular formula is C16H28N2OS. The smallest absolute Gasteiger partial charge is 0.186 e. The van der Waals surface area contributed by atoms with E-state index in [4.69, 9.17) is 4.98 Å². The van der Waals surface area contributed by atoms with E-state index < -0.39 is 0 Å². The minimum absolute atomic E-state index is 0.151. The lowest BCUT2D eigenvalue weighted by molar-refractivity contribution is 0.102. The van der Waals surface area contributed by atoms with Crippen LogP contribution in [0.1, 0.15) is 64.6 Å². The maximum atomic E-state index is 10.4. The van der Waals surface area contributed by atoms with Crippen LogP contribution in [-0.4, -0.2) is 22.7 Å². The molecule has 0 saturated carbocycles. The SMILES string of the molecule is CC(C)CN(c1nc2c(s1)C(O)CC(C)(C)C2)C(C)C. The molecule has 1 heterocycles. The molecule has 4 heteroatoms. The van der Waals surface area contributed by atoms with Gasteiger partial charge in [-0.05, 0) is 38.0 Å². The molecule has 0 radical (unpaired) electrons. The van der Waals surface area contributed by atoms with Gasteiger partial charge in [-0.15, -0.1) is 0 Å². The number of thiazole rings is 1. The zero-order valence-electron chi connectivity index (χ0n) is 13.6. The minimum atomic E-state index is -0.340. The Hall–Kier alpha value is -0.610. The molecule has 1 N–H and O–H groups in total. The number of hydrogen-bond donors (Lipinski definition) is 1. The van der Waals surface area contributed by atoms with Gasteiger partial charge in [-0.2, -0.15) is 0 Å². The summed E-state index contributed by atoms with van der Waals surface area (Å²) in [6.45, 7) is 14.3. The number of aromatic nitrogens is 1. The standard InChI is InChI=1S/C16H28N2OS/c1-10(2)9-18(11(3)4)15-17-12-7-16(5,6)8-13(19)14(12)20-15/h10-11,13,19H,7-9H2,1-6H3. The van der Waals surface area contributed by atoms with Gasteiger partial charge in [0, 0.05) is 12.6 Å². The first-order valence-electron chi connectivity index (χ1n) is 7.64. The van der Waals surface area contributed by atoms with Crippen LogP contribution in [-0.2, 0) is 6.42 Å². The van der Waals surface area contributed by atoms with Gasteiger partial charge in [-0.1, -0.05) is 39.0 Å². The molecule has 3 nitrogen and oxygen atoms in total. The molecule has 1 aliphatic carbocycles. The molecule has 1 aliphatic rings. The number of rotatable bonds is 4. The molecule has 0 fully saturated rings. The van der Waals surface area contributed by atoms with Crippen LogP contribution in [0.2, 0.25) is 0 Å². The molecule has 0 bridgehead atoms. The molecular weight excluding hydrogens is 268 g/mol. The lowest BCUT2D eigenvalue weighted by atomic mass is 9.77. The molecule has 0 aliphatic heterocycles. The summed E-state index contributed by atoms with van der Waals surface area (Å²) in [7, 11) is 0. The third-order valence-electron chi connectivity index (χ3n) is 3.84. The van der Waals surface area contributed by atoms with E-state index in [1.54, 1.807) is 11.3 Å². The van der Waals surface area contributed by atoms with Crippen molar-refractivity contribution in [2.75, 3.05) is 11.4 Å². The van der Waals surface area contributed by atoms with Crippen LogP contribution in [0, 0.1) is 11.3 Å². The van der Waals surface area contributed by atoms with Crippen molar-refractivity contribution in [2.24, 2.45) is 11.3 Å². The highest BCUT2D eigenvalue weighted by Gasteiger charge is 2.35. The maximum Gasteiger partial charge on any atom is 0.186 e. The molecule has 1 aromatic heterocycles. The molecule has 0 saturated heterocycles. The number of aliphatic hydroxyl groups excluding tert-OH is 1. The van der Waals surface area contributed by atoms with Crippen LogP contribution in [0.5, 0.6) is 0 Å². The summed E-state index contributed by atoms with van der Waals surface area (Å²) in [6, 6.07) is 0.440. The van der Waals surface area contributed by atoms with Crippen molar-refractivity contribution < 1.29 is 5.11 Å². The fourth-order valence-electron chi connectivity index (χ4n) is 2.91. The summed E-state index contributed by atoms with van der Waals surface area (Å²) in [6.07, 6.45) is 1.48. The third-order valence-corrected chi connectivity index (χ3v) is 5.08. The van der Waals surface area contributed by atoms with Crippen LogP contribution in [0.25, 0.3) is 0 Å². The van der Waals surface area contributed by atoms with Crippen molar-refractivity contribution in [3.8, 4) is 0 Å². The lowest BCUT2D eigenvalue weighted by Gasteiger charge is -2.31. The molecule has 1 aromatic rings. The second-order valence-corrected chi connectivity index (χ2v) is 8.52. The molecule has 20 heavy (non-hydrogen) atoms. The van der Waals surface area contributed by atoms with Gasteiger partial charge in [0.1, 0.15) is 0 Å². The Kier molecular flexibility index (Phi) is 4.45. The quantitative estimate of drug-likeness (QED) is 0.911. The Morgan fingerprint density at radius 3 is 2.55 bits per heavy atom. The summed E-state index contributed by atoms with van der Waals surface area (Å²) in [4.78, 5) is 8.32. The van der Waals surface area contributed by atoms with Crippen LogP contribution < -0.4 is 4.90 Å². The molecule has 0 amide bonds. The number of fused-ring (bicyclic) bond motifs is 1. The number of hydrogen-bond acceptors (Lipinski definition) is 4. The Morgan fingerprint density at radius 1 is 1.35 bits per heavy atom. The Morgan fingerprint density at radius 2 is 2.00 bits per heavy atom. The second-order valence-electron chi connectivity index (χ2n) is 7.51. The number of anilines is 1. The van der Waals surface area contributed by atoms with Crippen molar-refractivity contribution in [2.45, 2.75) is 66.5 Å². The highest BCUT2D eigenvalue weighted by atomic mass is 32.1.